The van der Waals surface area contributed by atoms with Crippen molar-refractivity contribution >= 4 is 47.2 Å². The molecule has 1 aromatic heterocycles. The molecule has 41 heavy (non-hydrogen) atoms. The predicted molar refractivity (Wildman–Crippen MR) is 169 cm³/mol. The molecule has 11 heteroatoms. The van der Waals surface area contributed by atoms with Gasteiger partial charge in [-0.25, -0.2) is 10.4 Å². The highest BCUT2D eigenvalue weighted by atomic mass is 35.5. The average Bonchev–Trinajstić information content (AvgIpc) is 2.95. The fraction of sp³-hybridized carbons (Fsp3) is 0.467. The lowest BCUT2D eigenvalue weighted by atomic mass is 9.75. The molecular formula is C30H41ClN7O2P. The second-order valence-corrected chi connectivity index (χ2v) is 15.4. The minimum Gasteiger partial charge on any atom is -0.495 e. The van der Waals surface area contributed by atoms with Crippen LogP contribution in [0, 0.1) is 0 Å². The quantitative estimate of drug-likeness (QED) is 0.231. The third-order valence-electron chi connectivity index (χ3n) is 8.42. The zero-order chi connectivity index (χ0) is 29.2. The van der Waals surface area contributed by atoms with Gasteiger partial charge in [0.2, 0.25) is 5.95 Å². The number of benzene rings is 2. The number of aromatic nitrogens is 2. The Morgan fingerprint density at radius 2 is 1.78 bits per heavy atom. The van der Waals surface area contributed by atoms with Gasteiger partial charge in [0.25, 0.3) is 0 Å². The Balaban J connectivity index is 1.27. The molecular weight excluding hydrogens is 557 g/mol. The van der Waals surface area contributed by atoms with Crippen molar-refractivity contribution in [3.8, 4) is 5.75 Å². The minimum absolute atomic E-state index is 0.192. The van der Waals surface area contributed by atoms with Gasteiger partial charge in [0, 0.05) is 22.9 Å². The number of nitrogens with zero attached hydrogens (tertiary/aromatic N) is 3. The highest BCUT2D eigenvalue weighted by Crippen LogP contribution is 2.40. The maximum Gasteiger partial charge on any atom is 0.229 e. The van der Waals surface area contributed by atoms with Crippen molar-refractivity contribution in [2.75, 3.05) is 45.2 Å². The summed E-state index contributed by atoms with van der Waals surface area (Å²) >= 11 is 6.43. The van der Waals surface area contributed by atoms with Crippen LogP contribution < -0.4 is 31.5 Å². The zero-order valence-electron chi connectivity index (χ0n) is 24.5. The number of nitrogens with one attached hydrogen (secondary N) is 4. The Morgan fingerprint density at radius 1 is 1.05 bits per heavy atom. The molecule has 1 saturated heterocycles. The van der Waals surface area contributed by atoms with E-state index in [0.717, 1.165) is 29.4 Å². The van der Waals surface area contributed by atoms with E-state index in [1.54, 1.807) is 26.6 Å². The molecule has 0 amide bonds. The number of hydrazine groups is 1. The SMILES string of the molecule is COc1cc(C2CCC3(CCC(N(C)C)CC3)NN2)ccc1Nc1ncc(Cl)c(Nc2ccccc2P(C)(C)=O)n1. The van der Waals surface area contributed by atoms with E-state index in [2.05, 4.69) is 62.6 Å². The van der Waals surface area contributed by atoms with Gasteiger partial charge in [0.05, 0.1) is 24.7 Å². The van der Waals surface area contributed by atoms with Crippen LogP contribution in [0.15, 0.2) is 48.7 Å². The molecule has 5 rings (SSSR count). The van der Waals surface area contributed by atoms with Crippen LogP contribution in [0.5, 0.6) is 5.75 Å². The van der Waals surface area contributed by atoms with Gasteiger partial charge in [-0.05, 0) is 95.8 Å². The van der Waals surface area contributed by atoms with Gasteiger partial charge in [-0.15, -0.1) is 0 Å². The fourth-order valence-electron chi connectivity index (χ4n) is 5.93. The van der Waals surface area contributed by atoms with E-state index in [1.165, 1.54) is 25.7 Å². The van der Waals surface area contributed by atoms with Crippen LogP contribution in [-0.2, 0) is 4.57 Å². The average molecular weight is 598 g/mol. The molecule has 220 valence electrons. The third kappa shape index (κ3) is 6.87. The van der Waals surface area contributed by atoms with Crippen LogP contribution in [0.3, 0.4) is 0 Å². The molecule has 3 aromatic rings. The Morgan fingerprint density at radius 3 is 2.44 bits per heavy atom. The maximum atomic E-state index is 12.8. The second kappa shape index (κ2) is 12.3. The normalized spacial score (nSPS) is 23.0. The lowest BCUT2D eigenvalue weighted by Gasteiger charge is -2.47. The monoisotopic (exact) mass is 597 g/mol. The lowest BCUT2D eigenvalue weighted by molar-refractivity contribution is 0.0909. The van der Waals surface area contributed by atoms with Crippen LogP contribution in [0.1, 0.15) is 50.1 Å². The Kier molecular flexibility index (Phi) is 8.92. The topological polar surface area (TPSA) is 103 Å². The summed E-state index contributed by atoms with van der Waals surface area (Å²) in [6, 6.07) is 14.5. The zero-order valence-corrected chi connectivity index (χ0v) is 26.1. The largest absolute Gasteiger partial charge is 0.495 e. The molecule has 2 aromatic carbocycles. The summed E-state index contributed by atoms with van der Waals surface area (Å²) in [5, 5.41) is 7.61. The van der Waals surface area contributed by atoms with Gasteiger partial charge in [-0.2, -0.15) is 4.98 Å². The molecule has 2 fully saturated rings. The highest BCUT2D eigenvalue weighted by molar-refractivity contribution is 7.70. The van der Waals surface area contributed by atoms with Crippen LogP contribution >= 0.6 is 18.7 Å². The van der Waals surface area contributed by atoms with Crippen LogP contribution in [0.2, 0.25) is 5.02 Å². The fourth-order valence-corrected chi connectivity index (χ4v) is 7.23. The number of hydrogen-bond donors (Lipinski definition) is 4. The van der Waals surface area contributed by atoms with Crippen molar-refractivity contribution < 1.29 is 9.30 Å². The van der Waals surface area contributed by atoms with Gasteiger partial charge in [0.1, 0.15) is 17.9 Å². The van der Waals surface area contributed by atoms with E-state index in [4.69, 9.17) is 16.3 Å². The first-order chi connectivity index (χ1) is 19.6. The van der Waals surface area contributed by atoms with Gasteiger partial charge >= 0.3 is 0 Å². The Labute approximate surface area is 248 Å². The van der Waals surface area contributed by atoms with Crippen LogP contribution in [-0.4, -0.2) is 61.0 Å². The van der Waals surface area contributed by atoms with E-state index in [0.29, 0.717) is 34.3 Å². The Bertz CT molecular complexity index is 1410. The summed E-state index contributed by atoms with van der Waals surface area (Å²) in [7, 11) is 3.52. The molecule has 1 spiro atoms. The molecule has 9 nitrogen and oxygen atoms in total. The van der Waals surface area contributed by atoms with Gasteiger partial charge in [-0.1, -0.05) is 29.8 Å². The van der Waals surface area contributed by atoms with Crippen molar-refractivity contribution in [1.29, 1.82) is 0 Å². The summed E-state index contributed by atoms with van der Waals surface area (Å²) in [6.07, 6.45) is 8.61. The molecule has 1 saturated carbocycles. The van der Waals surface area contributed by atoms with Crippen molar-refractivity contribution in [3.63, 3.8) is 0 Å². The molecule has 0 radical (unpaired) electrons. The lowest BCUT2D eigenvalue weighted by Crippen LogP contribution is -2.59. The molecule has 4 N–H and O–H groups in total. The second-order valence-electron chi connectivity index (χ2n) is 11.8. The first-order valence-corrected chi connectivity index (χ1v) is 17.1. The smallest absolute Gasteiger partial charge is 0.229 e. The molecule has 2 aliphatic rings. The summed E-state index contributed by atoms with van der Waals surface area (Å²) in [4.78, 5) is 11.3. The molecule has 2 heterocycles. The number of anilines is 4. The summed E-state index contributed by atoms with van der Waals surface area (Å²) in [5.41, 5.74) is 10.1. The predicted octanol–water partition coefficient (Wildman–Crippen LogP) is 6.05. The van der Waals surface area contributed by atoms with Crippen molar-refractivity contribution in [2.24, 2.45) is 0 Å². The maximum absolute atomic E-state index is 12.8. The number of hydrogen-bond acceptors (Lipinski definition) is 9. The standard InChI is InChI=1S/C30H41ClN7O2P/c1-38(2)21-12-15-30(16-13-21)17-14-23(36-37-30)20-10-11-24(26(18-20)40-3)34-29-32-19-22(31)28(35-29)33-25-8-6-7-9-27(25)41(4,5)39/h6-11,18-19,21,23,36-37H,12-17H2,1-5H3,(H2,32,33,34,35). The molecule has 1 atom stereocenters. The third-order valence-corrected chi connectivity index (χ3v) is 10.2. The number of ether oxygens (including phenoxy) is 1. The van der Waals surface area contributed by atoms with Crippen LogP contribution in [0.4, 0.5) is 23.1 Å². The highest BCUT2D eigenvalue weighted by Gasteiger charge is 2.39. The summed E-state index contributed by atoms with van der Waals surface area (Å²) in [6.45, 7) is 3.48. The van der Waals surface area contributed by atoms with E-state index in [1.807, 2.05) is 30.3 Å². The molecule has 1 aliphatic heterocycles. The summed E-state index contributed by atoms with van der Waals surface area (Å²) < 4.78 is 18.6. The number of rotatable bonds is 8. The van der Waals surface area contributed by atoms with E-state index < -0.39 is 7.14 Å². The molecule has 1 aliphatic carbocycles. The Hall–Kier alpha value is -2.68. The van der Waals surface area contributed by atoms with E-state index >= 15 is 0 Å². The van der Waals surface area contributed by atoms with Crippen molar-refractivity contribution in [3.05, 3.63) is 59.2 Å². The first-order valence-electron chi connectivity index (χ1n) is 14.2. The van der Waals surface area contributed by atoms with Gasteiger partial charge in [-0.3, -0.25) is 5.43 Å². The van der Waals surface area contributed by atoms with Crippen LogP contribution in [0.25, 0.3) is 0 Å². The van der Waals surface area contributed by atoms with Gasteiger partial charge < -0.3 is 24.8 Å². The molecule has 1 unspecified atom stereocenters. The first kappa shape index (κ1) is 29.8. The number of para-hydroxylation sites is 1. The minimum atomic E-state index is -2.51. The van der Waals surface area contributed by atoms with Crippen molar-refractivity contribution in [1.82, 2.24) is 25.7 Å². The van der Waals surface area contributed by atoms with E-state index in [9.17, 15) is 4.57 Å². The molecule has 0 bridgehead atoms. The van der Waals surface area contributed by atoms with Gasteiger partial charge in [0.15, 0.2) is 5.82 Å². The van der Waals surface area contributed by atoms with E-state index in [-0.39, 0.29) is 11.6 Å². The van der Waals surface area contributed by atoms with Crippen molar-refractivity contribution in [2.45, 2.75) is 56.1 Å². The summed E-state index contributed by atoms with van der Waals surface area (Å²) in [5.74, 6) is 1.49. The number of halogens is 1. The number of methoxy groups -OCH3 is 1.